The highest BCUT2D eigenvalue weighted by atomic mass is 32.2. The molecule has 0 bridgehead atoms. The number of hydrogen-bond acceptors (Lipinski definition) is 4. The van der Waals surface area contributed by atoms with E-state index >= 15 is 0 Å². The zero-order valence-corrected chi connectivity index (χ0v) is 9.96. The zero-order chi connectivity index (χ0) is 12.4. The van der Waals surface area contributed by atoms with Crippen molar-refractivity contribution in [3.05, 3.63) is 29.8 Å². The third-order valence-electron chi connectivity index (χ3n) is 2.24. The van der Waals surface area contributed by atoms with Crippen LogP contribution in [-0.4, -0.2) is 30.5 Å². The first kappa shape index (κ1) is 13.1. The van der Waals surface area contributed by atoms with Crippen molar-refractivity contribution < 1.29 is 17.9 Å². The number of sulfone groups is 1. The molecule has 0 amide bonds. The fourth-order valence-corrected chi connectivity index (χ4v) is 1.97. The first-order valence-corrected chi connectivity index (χ1v) is 6.79. The minimum absolute atomic E-state index is 0.0322. The molecule has 16 heavy (non-hydrogen) atoms. The second kappa shape index (κ2) is 4.47. The van der Waals surface area contributed by atoms with Gasteiger partial charge in [-0.15, -0.1) is 0 Å². The predicted octanol–water partition coefficient (Wildman–Crippen LogP) is 0.863. The summed E-state index contributed by atoms with van der Waals surface area (Å²) < 4.78 is 34.6. The minimum Gasteiger partial charge on any atom is -0.384 e. The number of rotatable bonds is 4. The molecule has 0 aliphatic rings. The Balaban J connectivity index is 2.81. The normalized spacial score (nSPS) is 15.8. The molecule has 1 N–H and O–H groups in total. The van der Waals surface area contributed by atoms with Crippen LogP contribution < -0.4 is 0 Å². The van der Waals surface area contributed by atoms with Gasteiger partial charge in [-0.2, -0.15) is 0 Å². The second-order valence-electron chi connectivity index (χ2n) is 4.02. The van der Waals surface area contributed by atoms with Crippen LogP contribution in [-0.2, 0) is 15.4 Å². The topological polar surface area (TPSA) is 67.3 Å². The lowest BCUT2D eigenvalue weighted by Gasteiger charge is -2.21. The molecule has 0 spiro atoms. The summed E-state index contributed by atoms with van der Waals surface area (Å²) in [7, 11) is -3.14. The Morgan fingerprint density at radius 2 is 2.12 bits per heavy atom. The summed E-state index contributed by atoms with van der Waals surface area (Å²) in [6.07, 6.45) is 2.12. The van der Waals surface area contributed by atoms with Gasteiger partial charge < -0.3 is 5.11 Å². The van der Waals surface area contributed by atoms with E-state index in [2.05, 4.69) is 4.98 Å². The lowest BCUT2D eigenvalue weighted by Crippen LogP contribution is -2.26. The molecule has 1 unspecified atom stereocenters. The van der Waals surface area contributed by atoms with E-state index in [1.54, 1.807) is 0 Å². The van der Waals surface area contributed by atoms with Crippen molar-refractivity contribution >= 4 is 9.84 Å². The van der Waals surface area contributed by atoms with Gasteiger partial charge in [0.05, 0.1) is 17.6 Å². The summed E-state index contributed by atoms with van der Waals surface area (Å²) in [5.41, 5.74) is -1.10. The Labute approximate surface area is 94.1 Å². The quantitative estimate of drug-likeness (QED) is 0.857. The molecule has 6 heteroatoms. The molecule has 0 aliphatic heterocycles. The van der Waals surface area contributed by atoms with Gasteiger partial charge in [-0.1, -0.05) is 0 Å². The van der Waals surface area contributed by atoms with Gasteiger partial charge in [0, 0.05) is 6.26 Å². The Morgan fingerprint density at radius 1 is 1.50 bits per heavy atom. The van der Waals surface area contributed by atoms with Crippen molar-refractivity contribution in [1.29, 1.82) is 0 Å². The van der Waals surface area contributed by atoms with Crippen LogP contribution in [0, 0.1) is 5.82 Å². The van der Waals surface area contributed by atoms with Gasteiger partial charge in [0.15, 0.2) is 0 Å². The van der Waals surface area contributed by atoms with Gasteiger partial charge in [0.25, 0.3) is 0 Å². The fourth-order valence-electron chi connectivity index (χ4n) is 1.21. The van der Waals surface area contributed by atoms with Crippen molar-refractivity contribution in [2.75, 3.05) is 12.0 Å². The lowest BCUT2D eigenvalue weighted by molar-refractivity contribution is 0.0492. The molecule has 4 nitrogen and oxygen atoms in total. The van der Waals surface area contributed by atoms with Crippen LogP contribution in [0.1, 0.15) is 19.0 Å². The Hall–Kier alpha value is -1.01. The monoisotopic (exact) mass is 247 g/mol. The highest BCUT2D eigenvalue weighted by Crippen LogP contribution is 2.22. The molecule has 1 heterocycles. The number of aliphatic hydroxyl groups is 1. The third kappa shape index (κ3) is 3.86. The molecule has 0 fully saturated rings. The van der Waals surface area contributed by atoms with E-state index in [4.69, 9.17) is 0 Å². The first-order valence-electron chi connectivity index (χ1n) is 4.73. The van der Waals surface area contributed by atoms with Crippen LogP contribution in [0.25, 0.3) is 0 Å². The SMILES string of the molecule is CC(O)(CCS(C)(=O)=O)c1ccc(F)cn1. The van der Waals surface area contributed by atoms with E-state index in [1.807, 2.05) is 0 Å². The molecule has 90 valence electrons. The van der Waals surface area contributed by atoms with Gasteiger partial charge >= 0.3 is 0 Å². The average Bonchev–Trinajstić information content (AvgIpc) is 2.15. The second-order valence-corrected chi connectivity index (χ2v) is 6.28. The van der Waals surface area contributed by atoms with Crippen LogP contribution in [0.2, 0.25) is 0 Å². The first-order chi connectivity index (χ1) is 7.21. The van der Waals surface area contributed by atoms with E-state index in [-0.39, 0.29) is 17.9 Å². The molecule has 0 aromatic carbocycles. The summed E-state index contributed by atoms with van der Waals surface area (Å²) in [4.78, 5) is 3.73. The van der Waals surface area contributed by atoms with Crippen LogP contribution in [0.5, 0.6) is 0 Å². The third-order valence-corrected chi connectivity index (χ3v) is 3.18. The van der Waals surface area contributed by atoms with Crippen molar-refractivity contribution in [3.8, 4) is 0 Å². The van der Waals surface area contributed by atoms with Gasteiger partial charge in [-0.25, -0.2) is 12.8 Å². The predicted molar refractivity (Wildman–Crippen MR) is 58.1 cm³/mol. The van der Waals surface area contributed by atoms with E-state index in [9.17, 15) is 17.9 Å². The summed E-state index contributed by atoms with van der Waals surface area (Å²) in [6, 6.07) is 2.52. The summed E-state index contributed by atoms with van der Waals surface area (Å²) in [6.45, 7) is 1.46. The molecular formula is C10H14FNO3S. The van der Waals surface area contributed by atoms with Crippen LogP contribution in [0.15, 0.2) is 18.3 Å². The van der Waals surface area contributed by atoms with Crippen LogP contribution in [0.4, 0.5) is 4.39 Å². The van der Waals surface area contributed by atoms with Gasteiger partial charge in [-0.05, 0) is 25.5 Å². The van der Waals surface area contributed by atoms with E-state index in [1.165, 1.54) is 19.1 Å². The lowest BCUT2D eigenvalue weighted by atomic mass is 9.99. The molecule has 1 rings (SSSR count). The number of aromatic nitrogens is 1. The standard InChI is InChI=1S/C10H14FNO3S/c1-10(13,5-6-16(2,14)15)9-4-3-8(11)7-12-9/h3-4,7,13H,5-6H2,1-2H3. The van der Waals surface area contributed by atoms with Gasteiger partial charge in [0.1, 0.15) is 21.3 Å². The fraction of sp³-hybridized carbons (Fsp3) is 0.500. The Morgan fingerprint density at radius 3 is 2.56 bits per heavy atom. The summed E-state index contributed by atoms with van der Waals surface area (Å²) in [5, 5.41) is 9.99. The Kier molecular flexibility index (Phi) is 3.64. The van der Waals surface area contributed by atoms with Gasteiger partial charge in [-0.3, -0.25) is 4.98 Å². The van der Waals surface area contributed by atoms with Crippen molar-refractivity contribution in [1.82, 2.24) is 4.98 Å². The van der Waals surface area contributed by atoms with Crippen LogP contribution >= 0.6 is 0 Å². The molecule has 0 saturated heterocycles. The summed E-state index contributed by atoms with van der Waals surface area (Å²) in [5.74, 6) is -0.637. The van der Waals surface area contributed by atoms with E-state index in [0.717, 1.165) is 12.5 Å². The zero-order valence-electron chi connectivity index (χ0n) is 9.14. The highest BCUT2D eigenvalue weighted by Gasteiger charge is 2.26. The maximum Gasteiger partial charge on any atom is 0.147 e. The van der Waals surface area contributed by atoms with Crippen LogP contribution in [0.3, 0.4) is 0 Å². The van der Waals surface area contributed by atoms with Gasteiger partial charge in [0.2, 0.25) is 0 Å². The summed E-state index contributed by atoms with van der Waals surface area (Å²) >= 11 is 0. The largest absolute Gasteiger partial charge is 0.384 e. The van der Waals surface area contributed by atoms with E-state index in [0.29, 0.717) is 0 Å². The van der Waals surface area contributed by atoms with Crippen molar-refractivity contribution in [3.63, 3.8) is 0 Å². The number of pyridine rings is 1. The smallest absolute Gasteiger partial charge is 0.147 e. The maximum absolute atomic E-state index is 12.6. The maximum atomic E-state index is 12.6. The molecule has 0 aliphatic carbocycles. The number of halogens is 1. The molecule has 1 aromatic heterocycles. The molecule has 1 aromatic rings. The minimum atomic E-state index is -3.14. The van der Waals surface area contributed by atoms with Crippen molar-refractivity contribution in [2.45, 2.75) is 18.9 Å². The molecule has 1 atom stereocenters. The Bertz CT molecular complexity index is 453. The average molecular weight is 247 g/mol. The highest BCUT2D eigenvalue weighted by molar-refractivity contribution is 7.90. The molecular weight excluding hydrogens is 233 g/mol. The van der Waals surface area contributed by atoms with E-state index < -0.39 is 21.3 Å². The van der Waals surface area contributed by atoms with Crippen molar-refractivity contribution in [2.24, 2.45) is 0 Å². The molecule has 0 saturated carbocycles. The number of nitrogens with zero attached hydrogens (tertiary/aromatic N) is 1. The number of hydrogen-bond donors (Lipinski definition) is 1. The molecule has 0 radical (unpaired) electrons.